The van der Waals surface area contributed by atoms with Crippen LogP contribution in [0.5, 0.6) is 0 Å². The van der Waals surface area contributed by atoms with E-state index in [9.17, 15) is 4.79 Å². The van der Waals surface area contributed by atoms with E-state index < -0.39 is 0 Å². The van der Waals surface area contributed by atoms with Gasteiger partial charge in [0.2, 0.25) is 0 Å². The van der Waals surface area contributed by atoms with Crippen molar-refractivity contribution in [1.29, 1.82) is 0 Å². The number of piperidine rings is 1. The lowest BCUT2D eigenvalue weighted by atomic mass is 10.0. The van der Waals surface area contributed by atoms with Gasteiger partial charge in [0, 0.05) is 29.9 Å². The van der Waals surface area contributed by atoms with E-state index in [0.29, 0.717) is 5.56 Å². The van der Waals surface area contributed by atoms with Gasteiger partial charge in [-0.05, 0) is 60.4 Å². The molecule has 0 bridgehead atoms. The molecule has 4 aromatic rings. The topological polar surface area (TPSA) is 58.1 Å². The van der Waals surface area contributed by atoms with E-state index in [4.69, 9.17) is 0 Å². The van der Waals surface area contributed by atoms with E-state index in [-0.39, 0.29) is 5.91 Å². The van der Waals surface area contributed by atoms with Crippen LogP contribution in [-0.4, -0.2) is 29.2 Å². The largest absolute Gasteiger partial charge is 0.355 e. The van der Waals surface area contributed by atoms with Gasteiger partial charge >= 0.3 is 0 Å². The van der Waals surface area contributed by atoms with Gasteiger partial charge in [-0.1, -0.05) is 48.5 Å². The highest BCUT2D eigenvalue weighted by Gasteiger charge is 2.14. The number of anilines is 2. The summed E-state index contributed by atoms with van der Waals surface area (Å²) in [7, 11) is 0. The fourth-order valence-electron chi connectivity index (χ4n) is 4.15. The maximum atomic E-state index is 13.0. The number of aromatic nitrogens is 2. The van der Waals surface area contributed by atoms with Crippen molar-refractivity contribution in [2.24, 2.45) is 0 Å². The number of carbonyl (C=O) groups excluding carboxylic acids is 1. The van der Waals surface area contributed by atoms with Crippen molar-refractivity contribution in [2.75, 3.05) is 23.3 Å². The molecule has 5 nitrogen and oxygen atoms in total. The van der Waals surface area contributed by atoms with Crippen LogP contribution in [0.3, 0.4) is 0 Å². The number of carbonyl (C=O) groups is 1. The normalized spacial score (nSPS) is 13.9. The number of amides is 1. The molecule has 1 fully saturated rings. The highest BCUT2D eigenvalue weighted by molar-refractivity contribution is 6.13. The van der Waals surface area contributed by atoms with Crippen LogP contribution in [0.25, 0.3) is 22.0 Å². The summed E-state index contributed by atoms with van der Waals surface area (Å²) >= 11 is 0. The van der Waals surface area contributed by atoms with Crippen molar-refractivity contribution in [3.63, 3.8) is 0 Å². The van der Waals surface area contributed by atoms with Crippen LogP contribution in [0.1, 0.15) is 29.6 Å². The highest BCUT2D eigenvalue weighted by Crippen LogP contribution is 2.24. The second-order valence-corrected chi connectivity index (χ2v) is 7.89. The summed E-state index contributed by atoms with van der Waals surface area (Å²) in [4.78, 5) is 15.2. The molecule has 1 aliphatic heterocycles. The Hall–Kier alpha value is -3.73. The number of fused-ring (bicyclic) bond motifs is 1. The molecular formula is C26H24N4O. The summed E-state index contributed by atoms with van der Waals surface area (Å²) in [5.74, 6) is 0.810. The predicted octanol–water partition coefficient (Wildman–Crippen LogP) is 5.54. The molecule has 1 N–H and O–H groups in total. The summed E-state index contributed by atoms with van der Waals surface area (Å²) in [5, 5.41) is 13.9. The molecule has 0 unspecified atom stereocenters. The molecular weight excluding hydrogens is 384 g/mol. The minimum atomic E-state index is -0.125. The van der Waals surface area contributed by atoms with Gasteiger partial charge < -0.3 is 10.2 Å². The first-order valence-corrected chi connectivity index (χ1v) is 10.8. The Labute approximate surface area is 181 Å². The van der Waals surface area contributed by atoms with Crippen molar-refractivity contribution in [2.45, 2.75) is 19.3 Å². The number of benzene rings is 3. The summed E-state index contributed by atoms with van der Waals surface area (Å²) in [5.41, 5.74) is 3.11. The smallest absolute Gasteiger partial charge is 0.256 e. The lowest BCUT2D eigenvalue weighted by Gasteiger charge is -2.27. The Balaban J connectivity index is 1.36. The second-order valence-electron chi connectivity index (χ2n) is 7.89. The maximum Gasteiger partial charge on any atom is 0.256 e. The molecule has 3 aromatic carbocycles. The summed E-state index contributed by atoms with van der Waals surface area (Å²) in [6.45, 7) is 2.09. The van der Waals surface area contributed by atoms with Gasteiger partial charge in [0.1, 0.15) is 0 Å². The van der Waals surface area contributed by atoms with Gasteiger partial charge in [-0.15, -0.1) is 10.2 Å². The molecule has 154 valence electrons. The zero-order valence-corrected chi connectivity index (χ0v) is 17.3. The number of nitrogens with zero attached hydrogens (tertiary/aromatic N) is 3. The first-order valence-electron chi connectivity index (χ1n) is 10.8. The van der Waals surface area contributed by atoms with Crippen LogP contribution in [0, 0.1) is 0 Å². The highest BCUT2D eigenvalue weighted by atomic mass is 16.1. The minimum Gasteiger partial charge on any atom is -0.355 e. The van der Waals surface area contributed by atoms with Gasteiger partial charge in [0.05, 0.1) is 5.69 Å². The molecule has 2 heterocycles. The van der Waals surface area contributed by atoms with Crippen LogP contribution in [0.15, 0.2) is 78.9 Å². The Morgan fingerprint density at radius 3 is 2.45 bits per heavy atom. The number of nitrogens with one attached hydrogen (secondary N) is 1. The van der Waals surface area contributed by atoms with Crippen LogP contribution in [0.2, 0.25) is 0 Å². The molecule has 1 amide bonds. The molecule has 5 heteroatoms. The minimum absolute atomic E-state index is 0.125. The second kappa shape index (κ2) is 8.56. The maximum absolute atomic E-state index is 13.0. The summed E-state index contributed by atoms with van der Waals surface area (Å²) in [6.07, 6.45) is 3.71. The van der Waals surface area contributed by atoms with E-state index in [1.54, 1.807) is 0 Å². The predicted molar refractivity (Wildman–Crippen MR) is 125 cm³/mol. The average molecular weight is 409 g/mol. The molecule has 0 saturated carbocycles. The fraction of sp³-hybridized carbons (Fsp3) is 0.192. The fourth-order valence-corrected chi connectivity index (χ4v) is 4.15. The van der Waals surface area contributed by atoms with Gasteiger partial charge in [-0.3, -0.25) is 4.79 Å². The van der Waals surface area contributed by atoms with Crippen LogP contribution < -0.4 is 10.2 Å². The van der Waals surface area contributed by atoms with Gasteiger partial charge in [-0.25, -0.2) is 0 Å². The molecule has 0 radical (unpaired) electrons. The Kier molecular flexibility index (Phi) is 5.31. The molecule has 1 aliphatic rings. The quantitative estimate of drug-likeness (QED) is 0.482. The standard InChI is InChI=1S/C26H24N4O/c31-26(23-13-7-9-19-8-2-3-12-22(19)23)27-21-11-6-10-20(18-21)24-14-15-25(29-28-24)30-16-4-1-5-17-30/h2-3,6-15,18H,1,4-5,16-17H2,(H,27,31). The SMILES string of the molecule is O=C(Nc1cccc(-c2ccc(N3CCCCC3)nn2)c1)c1cccc2ccccc12. The average Bonchev–Trinajstić information content (AvgIpc) is 2.84. The van der Waals surface area contributed by atoms with E-state index in [2.05, 4.69) is 20.4 Å². The van der Waals surface area contributed by atoms with Crippen molar-refractivity contribution < 1.29 is 4.79 Å². The molecule has 0 atom stereocenters. The third-order valence-corrected chi connectivity index (χ3v) is 5.78. The summed E-state index contributed by atoms with van der Waals surface area (Å²) in [6, 6.07) is 25.5. The van der Waals surface area contributed by atoms with E-state index in [1.807, 2.05) is 78.9 Å². The molecule has 0 aliphatic carbocycles. The van der Waals surface area contributed by atoms with Crippen molar-refractivity contribution in [3.05, 3.63) is 84.4 Å². The number of hydrogen-bond donors (Lipinski definition) is 1. The summed E-state index contributed by atoms with van der Waals surface area (Å²) < 4.78 is 0. The molecule has 1 aromatic heterocycles. The Bertz CT molecular complexity index is 1210. The molecule has 31 heavy (non-hydrogen) atoms. The lowest BCUT2D eigenvalue weighted by Crippen LogP contribution is -2.30. The number of hydrogen-bond acceptors (Lipinski definition) is 4. The van der Waals surface area contributed by atoms with Crippen molar-refractivity contribution in [1.82, 2.24) is 10.2 Å². The van der Waals surface area contributed by atoms with Crippen LogP contribution in [-0.2, 0) is 0 Å². The molecule has 1 saturated heterocycles. The van der Waals surface area contributed by atoms with Crippen molar-refractivity contribution in [3.8, 4) is 11.3 Å². The first-order chi connectivity index (χ1) is 15.3. The van der Waals surface area contributed by atoms with Gasteiger partial charge in [-0.2, -0.15) is 0 Å². The molecule has 0 spiro atoms. The number of rotatable bonds is 4. The van der Waals surface area contributed by atoms with Gasteiger partial charge in [0.25, 0.3) is 5.91 Å². The monoisotopic (exact) mass is 408 g/mol. The Morgan fingerprint density at radius 2 is 1.61 bits per heavy atom. The van der Waals surface area contributed by atoms with Crippen LogP contribution >= 0.6 is 0 Å². The molecule has 5 rings (SSSR count). The first kappa shape index (κ1) is 19.2. The lowest BCUT2D eigenvalue weighted by molar-refractivity contribution is 0.102. The Morgan fingerprint density at radius 1 is 0.806 bits per heavy atom. The third kappa shape index (κ3) is 4.12. The van der Waals surface area contributed by atoms with E-state index in [0.717, 1.165) is 46.6 Å². The third-order valence-electron chi connectivity index (χ3n) is 5.78. The van der Waals surface area contributed by atoms with Crippen molar-refractivity contribution >= 4 is 28.2 Å². The zero-order chi connectivity index (χ0) is 21.0. The van der Waals surface area contributed by atoms with E-state index in [1.165, 1.54) is 19.3 Å². The van der Waals surface area contributed by atoms with Crippen LogP contribution in [0.4, 0.5) is 11.5 Å². The van der Waals surface area contributed by atoms with Gasteiger partial charge in [0.15, 0.2) is 5.82 Å². The van der Waals surface area contributed by atoms with E-state index >= 15 is 0 Å². The zero-order valence-electron chi connectivity index (χ0n) is 17.3.